The molecule has 0 radical (unpaired) electrons. The number of carbonyl (C=O) groups is 3. The van der Waals surface area contributed by atoms with Gasteiger partial charge in [0.15, 0.2) is 6.61 Å². The van der Waals surface area contributed by atoms with Crippen molar-refractivity contribution < 1.29 is 28.8 Å². The van der Waals surface area contributed by atoms with Crippen molar-refractivity contribution in [1.82, 2.24) is 5.32 Å². The van der Waals surface area contributed by atoms with Crippen molar-refractivity contribution in [3.05, 3.63) is 33.3 Å². The zero-order valence-corrected chi connectivity index (χ0v) is 16.5. The van der Waals surface area contributed by atoms with Crippen LogP contribution in [0.15, 0.2) is 18.2 Å². The van der Waals surface area contributed by atoms with E-state index in [0.717, 1.165) is 6.07 Å². The lowest BCUT2D eigenvalue weighted by molar-refractivity contribution is -0.384. The molecular formula is C17H22ClN3O7. The number of rotatable bonds is 8. The summed E-state index contributed by atoms with van der Waals surface area (Å²) < 4.78 is 9.86. The Morgan fingerprint density at radius 1 is 1.25 bits per heavy atom. The van der Waals surface area contributed by atoms with Crippen LogP contribution in [0, 0.1) is 10.1 Å². The molecule has 1 rings (SSSR count). The van der Waals surface area contributed by atoms with Gasteiger partial charge in [0.2, 0.25) is 0 Å². The Balaban J connectivity index is 2.29. The number of non-ortho nitro benzene ring substituents is 1. The number of anilines is 1. The van der Waals surface area contributed by atoms with E-state index in [4.69, 9.17) is 21.1 Å². The highest BCUT2D eigenvalue weighted by Crippen LogP contribution is 2.26. The zero-order valence-electron chi connectivity index (χ0n) is 15.7. The standard InChI is InChI=1S/C17H22ClN3O7/c1-17(2,3)28-16(24)19-8-4-5-15(23)27-10-14(22)20-13-7-6-11(21(25)26)9-12(13)18/h6-7,9H,4-5,8,10H2,1-3H3,(H,19,24)(H,20,22). The van der Waals surface area contributed by atoms with Crippen LogP contribution in [0.2, 0.25) is 5.02 Å². The molecule has 0 saturated heterocycles. The highest BCUT2D eigenvalue weighted by Gasteiger charge is 2.16. The summed E-state index contributed by atoms with van der Waals surface area (Å²) in [5, 5.41) is 15.5. The smallest absolute Gasteiger partial charge is 0.407 e. The van der Waals surface area contributed by atoms with Crippen molar-refractivity contribution >= 4 is 40.9 Å². The molecule has 2 amide bonds. The first kappa shape index (κ1) is 23.2. The minimum atomic E-state index is -0.643. The minimum absolute atomic E-state index is 0.00135. The topological polar surface area (TPSA) is 137 Å². The van der Waals surface area contributed by atoms with Gasteiger partial charge in [0, 0.05) is 25.1 Å². The number of ether oxygens (including phenoxy) is 2. The first-order valence-electron chi connectivity index (χ1n) is 8.34. The maximum atomic E-state index is 11.8. The number of nitro benzene ring substituents is 1. The molecule has 0 spiro atoms. The summed E-state index contributed by atoms with van der Waals surface area (Å²) >= 11 is 5.86. The van der Waals surface area contributed by atoms with Crippen molar-refractivity contribution in [3.63, 3.8) is 0 Å². The first-order chi connectivity index (χ1) is 13.0. The fourth-order valence-corrected chi connectivity index (χ4v) is 2.08. The van der Waals surface area contributed by atoms with Gasteiger partial charge in [-0.2, -0.15) is 0 Å². The van der Waals surface area contributed by atoms with E-state index in [-0.39, 0.29) is 29.4 Å². The van der Waals surface area contributed by atoms with Gasteiger partial charge in [-0.3, -0.25) is 19.7 Å². The molecule has 0 unspecified atom stereocenters. The molecule has 0 aliphatic heterocycles. The number of halogens is 1. The number of carbonyl (C=O) groups excluding carboxylic acids is 3. The van der Waals surface area contributed by atoms with Crippen LogP contribution in [-0.2, 0) is 19.1 Å². The van der Waals surface area contributed by atoms with E-state index in [0.29, 0.717) is 6.42 Å². The molecule has 0 aromatic heterocycles. The molecule has 0 atom stereocenters. The van der Waals surface area contributed by atoms with E-state index in [1.165, 1.54) is 12.1 Å². The van der Waals surface area contributed by atoms with Crippen LogP contribution in [0.3, 0.4) is 0 Å². The average Bonchev–Trinajstić information content (AvgIpc) is 2.57. The summed E-state index contributed by atoms with van der Waals surface area (Å²) in [6, 6.07) is 3.56. The Hall–Kier alpha value is -2.88. The Bertz CT molecular complexity index is 747. The normalized spacial score (nSPS) is 10.7. The fourth-order valence-electron chi connectivity index (χ4n) is 1.86. The molecule has 28 heavy (non-hydrogen) atoms. The van der Waals surface area contributed by atoms with Gasteiger partial charge >= 0.3 is 12.1 Å². The predicted octanol–water partition coefficient (Wildman–Crippen LogP) is 3.03. The van der Waals surface area contributed by atoms with Crippen LogP contribution in [0.5, 0.6) is 0 Å². The molecule has 154 valence electrons. The van der Waals surface area contributed by atoms with Gasteiger partial charge in [-0.05, 0) is 33.3 Å². The summed E-state index contributed by atoms with van der Waals surface area (Å²) in [4.78, 5) is 44.9. The number of nitro groups is 1. The van der Waals surface area contributed by atoms with Crippen molar-refractivity contribution in [2.75, 3.05) is 18.5 Å². The average molecular weight is 416 g/mol. The third kappa shape index (κ3) is 9.17. The second-order valence-corrected chi connectivity index (χ2v) is 7.07. The van der Waals surface area contributed by atoms with Gasteiger partial charge in [-0.15, -0.1) is 0 Å². The molecule has 0 bridgehead atoms. The zero-order chi connectivity index (χ0) is 21.3. The molecule has 0 heterocycles. The number of esters is 1. The van der Waals surface area contributed by atoms with Gasteiger partial charge in [0.05, 0.1) is 15.6 Å². The third-order valence-electron chi connectivity index (χ3n) is 3.03. The van der Waals surface area contributed by atoms with E-state index < -0.39 is 35.1 Å². The fraction of sp³-hybridized carbons (Fsp3) is 0.471. The SMILES string of the molecule is CC(C)(C)OC(=O)NCCCC(=O)OCC(=O)Nc1ccc([N+](=O)[O-])cc1Cl. The number of hydrogen-bond acceptors (Lipinski definition) is 7. The second kappa shape index (κ2) is 10.5. The second-order valence-electron chi connectivity index (χ2n) is 6.66. The Labute approximate surface area is 166 Å². The first-order valence-corrected chi connectivity index (χ1v) is 8.72. The van der Waals surface area contributed by atoms with Crippen molar-refractivity contribution in [2.45, 2.75) is 39.2 Å². The van der Waals surface area contributed by atoms with E-state index in [2.05, 4.69) is 10.6 Å². The molecular weight excluding hydrogens is 394 g/mol. The molecule has 10 nitrogen and oxygen atoms in total. The number of benzene rings is 1. The maximum absolute atomic E-state index is 11.8. The minimum Gasteiger partial charge on any atom is -0.456 e. The largest absolute Gasteiger partial charge is 0.456 e. The summed E-state index contributed by atoms with van der Waals surface area (Å²) in [6.07, 6.45) is -0.268. The molecule has 0 aliphatic rings. The number of nitrogens with zero attached hydrogens (tertiary/aromatic N) is 1. The quantitative estimate of drug-likeness (QED) is 0.288. The summed E-state index contributed by atoms with van der Waals surface area (Å²) in [5.74, 6) is -1.26. The van der Waals surface area contributed by atoms with Gasteiger partial charge in [-0.25, -0.2) is 4.79 Å². The van der Waals surface area contributed by atoms with E-state index in [9.17, 15) is 24.5 Å². The van der Waals surface area contributed by atoms with Crippen LogP contribution < -0.4 is 10.6 Å². The molecule has 0 fully saturated rings. The number of alkyl carbamates (subject to hydrolysis) is 1. The van der Waals surface area contributed by atoms with Crippen LogP contribution in [0.4, 0.5) is 16.2 Å². The van der Waals surface area contributed by atoms with Crippen molar-refractivity contribution in [3.8, 4) is 0 Å². The number of nitrogens with one attached hydrogen (secondary N) is 2. The van der Waals surface area contributed by atoms with Crippen molar-refractivity contribution in [2.24, 2.45) is 0 Å². The predicted molar refractivity (Wildman–Crippen MR) is 101 cm³/mol. The maximum Gasteiger partial charge on any atom is 0.407 e. The molecule has 1 aromatic carbocycles. The van der Waals surface area contributed by atoms with Crippen LogP contribution in [-0.4, -0.2) is 41.6 Å². The van der Waals surface area contributed by atoms with Gasteiger partial charge in [0.25, 0.3) is 11.6 Å². The highest BCUT2D eigenvalue weighted by atomic mass is 35.5. The molecule has 11 heteroatoms. The third-order valence-corrected chi connectivity index (χ3v) is 3.34. The number of amides is 2. The number of hydrogen-bond donors (Lipinski definition) is 2. The van der Waals surface area contributed by atoms with Crippen LogP contribution in [0.1, 0.15) is 33.6 Å². The highest BCUT2D eigenvalue weighted by molar-refractivity contribution is 6.34. The van der Waals surface area contributed by atoms with E-state index in [1.807, 2.05) is 0 Å². The lowest BCUT2D eigenvalue weighted by Crippen LogP contribution is -2.33. The lowest BCUT2D eigenvalue weighted by Gasteiger charge is -2.19. The Kier molecular flexibility index (Phi) is 8.65. The molecule has 1 aromatic rings. The Morgan fingerprint density at radius 3 is 2.50 bits per heavy atom. The molecule has 0 saturated carbocycles. The summed E-state index contributed by atoms with van der Waals surface area (Å²) in [7, 11) is 0. The van der Waals surface area contributed by atoms with Crippen molar-refractivity contribution in [1.29, 1.82) is 0 Å². The van der Waals surface area contributed by atoms with Gasteiger partial charge in [-0.1, -0.05) is 11.6 Å². The summed E-state index contributed by atoms with van der Waals surface area (Å²) in [6.45, 7) is 4.89. The lowest BCUT2D eigenvalue weighted by atomic mass is 10.2. The van der Waals surface area contributed by atoms with Crippen LogP contribution >= 0.6 is 11.6 Å². The molecule has 2 N–H and O–H groups in total. The van der Waals surface area contributed by atoms with Crippen LogP contribution in [0.25, 0.3) is 0 Å². The van der Waals surface area contributed by atoms with E-state index in [1.54, 1.807) is 20.8 Å². The van der Waals surface area contributed by atoms with Gasteiger partial charge < -0.3 is 20.1 Å². The van der Waals surface area contributed by atoms with Gasteiger partial charge in [0.1, 0.15) is 5.60 Å². The monoisotopic (exact) mass is 415 g/mol. The summed E-state index contributed by atoms with van der Waals surface area (Å²) in [5.41, 5.74) is -0.660. The van der Waals surface area contributed by atoms with E-state index >= 15 is 0 Å². The molecule has 0 aliphatic carbocycles. The Morgan fingerprint density at radius 2 is 1.93 bits per heavy atom.